The van der Waals surface area contributed by atoms with Gasteiger partial charge >= 0.3 is 7.60 Å². The molecule has 1 aliphatic heterocycles. The van der Waals surface area contributed by atoms with Gasteiger partial charge in [-0.2, -0.15) is 0 Å². The maximum absolute atomic E-state index is 10.9. The molecule has 1 aromatic rings. The highest BCUT2D eigenvalue weighted by atomic mass is 127. The van der Waals surface area contributed by atoms with Gasteiger partial charge in [-0.3, -0.25) is 4.57 Å². The van der Waals surface area contributed by atoms with Gasteiger partial charge in [-0.1, -0.05) is 0 Å². The van der Waals surface area contributed by atoms with E-state index in [-0.39, 0.29) is 11.6 Å². The molecule has 136 valence electrons. The van der Waals surface area contributed by atoms with E-state index in [2.05, 4.69) is 18.8 Å². The SMILES string of the molecule is C[C@]1(OCP(=O)(O)O)O[C@@H](Nc2ncnc(N)c2NI)[C@H](O)[C@@H]1O. The van der Waals surface area contributed by atoms with Crippen LogP contribution in [-0.4, -0.2) is 60.5 Å². The smallest absolute Gasteiger partial charge is 0.351 e. The Morgan fingerprint density at radius 3 is 2.75 bits per heavy atom. The van der Waals surface area contributed by atoms with Crippen molar-refractivity contribution in [1.29, 1.82) is 0 Å². The van der Waals surface area contributed by atoms with E-state index in [1.165, 1.54) is 13.3 Å². The van der Waals surface area contributed by atoms with Gasteiger partial charge in [0, 0.05) is 0 Å². The molecule has 0 amide bonds. The number of nitrogens with two attached hydrogens (primary N) is 1. The van der Waals surface area contributed by atoms with Crippen LogP contribution in [0.25, 0.3) is 0 Å². The number of hydrogen-bond acceptors (Lipinski definition) is 10. The number of nitrogens with zero attached hydrogens (tertiary/aromatic N) is 2. The summed E-state index contributed by atoms with van der Waals surface area (Å²) in [5.41, 5.74) is 6.04. The number of nitrogen functional groups attached to an aromatic ring is 1. The van der Waals surface area contributed by atoms with Crippen molar-refractivity contribution in [3.63, 3.8) is 0 Å². The highest BCUT2D eigenvalue weighted by Gasteiger charge is 2.53. The molecule has 0 unspecified atom stereocenters. The number of hydrogen-bond donors (Lipinski definition) is 7. The van der Waals surface area contributed by atoms with Crippen LogP contribution >= 0.6 is 30.5 Å². The van der Waals surface area contributed by atoms with Gasteiger partial charge in [0.1, 0.15) is 24.2 Å². The van der Waals surface area contributed by atoms with Gasteiger partial charge in [-0.05, 0) is 6.92 Å². The van der Waals surface area contributed by atoms with Crippen LogP contribution in [0.5, 0.6) is 0 Å². The molecule has 1 saturated heterocycles. The van der Waals surface area contributed by atoms with E-state index in [9.17, 15) is 14.8 Å². The molecule has 0 bridgehead atoms. The van der Waals surface area contributed by atoms with Gasteiger partial charge in [-0.15, -0.1) is 0 Å². The van der Waals surface area contributed by atoms with Crippen molar-refractivity contribution in [3.8, 4) is 0 Å². The minimum atomic E-state index is -4.48. The molecule has 2 rings (SSSR count). The van der Waals surface area contributed by atoms with Crippen LogP contribution in [0.15, 0.2) is 6.33 Å². The highest BCUT2D eigenvalue weighted by Crippen LogP contribution is 2.40. The van der Waals surface area contributed by atoms with Crippen LogP contribution in [0.3, 0.4) is 0 Å². The third kappa shape index (κ3) is 4.23. The molecule has 1 aromatic heterocycles. The van der Waals surface area contributed by atoms with E-state index in [0.29, 0.717) is 5.69 Å². The van der Waals surface area contributed by atoms with Crippen LogP contribution in [0.2, 0.25) is 0 Å². The van der Waals surface area contributed by atoms with E-state index >= 15 is 0 Å². The summed E-state index contributed by atoms with van der Waals surface area (Å²) < 4.78 is 24.1. The molecule has 8 N–H and O–H groups in total. The van der Waals surface area contributed by atoms with Crippen molar-refractivity contribution in [2.45, 2.75) is 31.1 Å². The Morgan fingerprint density at radius 1 is 1.50 bits per heavy atom. The summed E-state index contributed by atoms with van der Waals surface area (Å²) in [5, 5.41) is 22.9. The quantitative estimate of drug-likeness (QED) is 0.153. The number of halogens is 1. The Bertz CT molecular complexity index is 648. The lowest BCUT2D eigenvalue weighted by Crippen LogP contribution is -2.43. The van der Waals surface area contributed by atoms with E-state index < -0.39 is 38.2 Å². The topological polar surface area (TPSA) is 192 Å². The van der Waals surface area contributed by atoms with Gasteiger partial charge in [-0.25, -0.2) is 9.97 Å². The van der Waals surface area contributed by atoms with Crippen molar-refractivity contribution in [1.82, 2.24) is 9.97 Å². The predicted octanol–water partition coefficient (Wildman–Crippen LogP) is -0.821. The zero-order valence-corrected chi connectivity index (χ0v) is 15.4. The second kappa shape index (κ2) is 7.21. The number of ether oxygens (including phenoxy) is 2. The molecular weight excluding hydrogens is 460 g/mol. The number of nitrogens with one attached hydrogen (secondary N) is 2. The molecule has 14 heteroatoms. The lowest BCUT2D eigenvalue weighted by Gasteiger charge is -2.27. The summed E-state index contributed by atoms with van der Waals surface area (Å²) in [6.45, 7) is 1.25. The third-order valence-electron chi connectivity index (χ3n) is 3.30. The average molecular weight is 477 g/mol. The fourth-order valence-corrected chi connectivity index (χ4v) is 3.01. The molecule has 24 heavy (non-hydrogen) atoms. The maximum atomic E-state index is 10.9. The Hall–Kier alpha value is -0.800. The number of aromatic nitrogens is 2. The van der Waals surface area contributed by atoms with Crippen molar-refractivity contribution in [2.24, 2.45) is 0 Å². The second-order valence-electron chi connectivity index (χ2n) is 5.15. The molecular formula is C10H17IN5O7P. The predicted molar refractivity (Wildman–Crippen MR) is 91.0 cm³/mol. The summed E-state index contributed by atoms with van der Waals surface area (Å²) in [6, 6.07) is 0. The van der Waals surface area contributed by atoms with Crippen LogP contribution in [0.1, 0.15) is 6.92 Å². The van der Waals surface area contributed by atoms with E-state index in [1.54, 1.807) is 0 Å². The summed E-state index contributed by atoms with van der Waals surface area (Å²) in [7, 11) is -4.48. The Labute approximate surface area is 150 Å². The standard InChI is InChI=1S/C10H17IN5O7P/c1-10(22-3-24(19,20)21)6(18)5(17)9(23-10)15-8-4(16-11)7(12)13-2-14-8/h2,5-6,9,16-18H,3H2,1H3,(H2,19,20,21)(H3,12,13,14,15)/t5-,6+,9-,10+/m1/s1. The largest absolute Gasteiger partial charge is 0.385 e. The monoisotopic (exact) mass is 477 g/mol. The molecule has 0 spiro atoms. The third-order valence-corrected chi connectivity index (χ3v) is 4.31. The molecule has 0 aromatic carbocycles. The van der Waals surface area contributed by atoms with Gasteiger partial charge < -0.3 is 44.1 Å². The molecule has 1 fully saturated rings. The number of aliphatic hydroxyl groups is 2. The van der Waals surface area contributed by atoms with Crippen LogP contribution in [-0.2, 0) is 14.0 Å². The fourth-order valence-electron chi connectivity index (χ4n) is 2.05. The molecule has 0 saturated carbocycles. The second-order valence-corrected chi connectivity index (χ2v) is 7.28. The van der Waals surface area contributed by atoms with Gasteiger partial charge in [0.25, 0.3) is 0 Å². The van der Waals surface area contributed by atoms with E-state index in [0.717, 1.165) is 0 Å². The molecule has 0 aliphatic carbocycles. The average Bonchev–Trinajstić information content (AvgIpc) is 2.70. The first-order valence-electron chi connectivity index (χ1n) is 6.53. The van der Waals surface area contributed by atoms with Crippen molar-refractivity contribution in [2.75, 3.05) is 20.9 Å². The number of rotatable bonds is 6. The lowest BCUT2D eigenvalue weighted by molar-refractivity contribution is -0.236. The molecule has 12 nitrogen and oxygen atoms in total. The molecule has 4 atom stereocenters. The van der Waals surface area contributed by atoms with Crippen LogP contribution in [0.4, 0.5) is 17.3 Å². The van der Waals surface area contributed by atoms with Crippen LogP contribution in [0, 0.1) is 0 Å². The lowest BCUT2D eigenvalue weighted by atomic mass is 10.1. The van der Waals surface area contributed by atoms with Crippen molar-refractivity contribution in [3.05, 3.63) is 6.33 Å². The fraction of sp³-hybridized carbons (Fsp3) is 0.600. The number of aliphatic hydroxyl groups excluding tert-OH is 2. The van der Waals surface area contributed by atoms with Crippen molar-refractivity contribution < 1.29 is 34.0 Å². The number of anilines is 3. The Balaban J connectivity index is 2.16. The molecule has 0 radical (unpaired) electrons. The van der Waals surface area contributed by atoms with Gasteiger partial charge in [0.15, 0.2) is 30.0 Å². The van der Waals surface area contributed by atoms with Crippen molar-refractivity contribution >= 4 is 47.8 Å². The summed E-state index contributed by atoms with van der Waals surface area (Å²) in [6.07, 6.45) is -3.96. The minimum Gasteiger partial charge on any atom is -0.385 e. The normalized spacial score (nSPS) is 30.3. The zero-order chi connectivity index (χ0) is 18.1. The molecule has 1 aliphatic rings. The summed E-state index contributed by atoms with van der Waals surface area (Å²) in [4.78, 5) is 25.5. The first-order chi connectivity index (χ1) is 11.1. The van der Waals surface area contributed by atoms with Gasteiger partial charge in [0.2, 0.25) is 0 Å². The summed E-state index contributed by atoms with van der Waals surface area (Å²) in [5.74, 6) is -1.47. The Morgan fingerprint density at radius 2 is 2.17 bits per heavy atom. The van der Waals surface area contributed by atoms with Crippen LogP contribution < -0.4 is 14.6 Å². The first-order valence-corrected chi connectivity index (χ1v) is 9.41. The van der Waals surface area contributed by atoms with Gasteiger partial charge in [0.05, 0.1) is 22.9 Å². The Kier molecular flexibility index (Phi) is 5.87. The highest BCUT2D eigenvalue weighted by molar-refractivity contribution is 14.1. The van der Waals surface area contributed by atoms with E-state index in [4.69, 9.17) is 25.0 Å². The zero-order valence-electron chi connectivity index (χ0n) is 12.3. The first kappa shape index (κ1) is 19.5. The molecule has 2 heterocycles. The maximum Gasteiger partial charge on any atom is 0.351 e. The summed E-state index contributed by atoms with van der Waals surface area (Å²) >= 11 is 1.82. The minimum absolute atomic E-state index is 0.149. The van der Waals surface area contributed by atoms with E-state index in [1.807, 2.05) is 22.9 Å².